The second-order valence-electron chi connectivity index (χ2n) is 6.51. The van der Waals surface area contributed by atoms with Gasteiger partial charge in [0.2, 0.25) is 11.8 Å². The average molecular weight is 396 g/mol. The Morgan fingerprint density at radius 2 is 2.14 bits per heavy atom. The van der Waals surface area contributed by atoms with Gasteiger partial charge in [0.25, 0.3) is 0 Å². The molecule has 1 aromatic carbocycles. The number of anilines is 1. The number of amides is 2. The zero-order chi connectivity index (χ0) is 19.3. The Labute approximate surface area is 166 Å². The predicted molar refractivity (Wildman–Crippen MR) is 107 cm³/mol. The molecule has 144 valence electrons. The quantitative estimate of drug-likeness (QED) is 0.667. The Hall–Kier alpha value is -3.13. The Bertz CT molecular complexity index is 950. The van der Waals surface area contributed by atoms with E-state index in [0.717, 1.165) is 28.5 Å². The van der Waals surface area contributed by atoms with Crippen LogP contribution in [0.15, 0.2) is 52.5 Å². The molecule has 1 aliphatic rings. The molecule has 0 bridgehead atoms. The fourth-order valence-corrected chi connectivity index (χ4v) is 3.80. The van der Waals surface area contributed by atoms with E-state index in [1.54, 1.807) is 6.26 Å². The Morgan fingerprint density at radius 1 is 1.29 bits per heavy atom. The summed E-state index contributed by atoms with van der Waals surface area (Å²) in [6, 6.07) is 11.6. The van der Waals surface area contributed by atoms with Crippen LogP contribution in [0.1, 0.15) is 11.3 Å². The van der Waals surface area contributed by atoms with E-state index in [1.807, 2.05) is 46.7 Å². The Morgan fingerprint density at radius 3 is 2.89 bits per heavy atom. The lowest BCUT2D eigenvalue weighted by atomic mass is 10.1. The largest absolute Gasteiger partial charge is 0.462 e. The molecule has 3 aromatic rings. The van der Waals surface area contributed by atoms with Crippen LogP contribution in [0.4, 0.5) is 5.69 Å². The van der Waals surface area contributed by atoms with Crippen molar-refractivity contribution in [3.05, 3.63) is 59.3 Å². The van der Waals surface area contributed by atoms with Gasteiger partial charge < -0.3 is 20.0 Å². The van der Waals surface area contributed by atoms with E-state index < -0.39 is 0 Å². The molecule has 2 N–H and O–H groups in total. The van der Waals surface area contributed by atoms with Crippen molar-refractivity contribution < 1.29 is 14.0 Å². The molecule has 0 unspecified atom stereocenters. The van der Waals surface area contributed by atoms with Crippen LogP contribution in [0.3, 0.4) is 0 Å². The standard InChI is InChI=1S/C20H20N4O3S/c25-18(10-15-13-28-20(23-15)17-2-1-9-27-17)22-11-14-3-5-16(6-4-14)24-8-7-21-19(26)12-24/h1-6,9,13H,7-8,10-12H2,(H,21,26)(H,22,25). The molecule has 3 heterocycles. The maximum absolute atomic E-state index is 12.2. The van der Waals surface area contributed by atoms with Gasteiger partial charge in [-0.3, -0.25) is 9.59 Å². The van der Waals surface area contributed by atoms with Gasteiger partial charge in [-0.05, 0) is 29.8 Å². The first kappa shape index (κ1) is 18.2. The van der Waals surface area contributed by atoms with Crippen LogP contribution in [-0.2, 0) is 22.6 Å². The lowest BCUT2D eigenvalue weighted by Crippen LogP contribution is -2.47. The molecule has 0 spiro atoms. The van der Waals surface area contributed by atoms with Gasteiger partial charge in [-0.1, -0.05) is 12.1 Å². The first-order valence-electron chi connectivity index (χ1n) is 9.03. The summed E-state index contributed by atoms with van der Waals surface area (Å²) < 4.78 is 5.32. The molecule has 1 aliphatic heterocycles. The smallest absolute Gasteiger partial charge is 0.239 e. The maximum Gasteiger partial charge on any atom is 0.239 e. The van der Waals surface area contributed by atoms with Crippen molar-refractivity contribution in [2.45, 2.75) is 13.0 Å². The van der Waals surface area contributed by atoms with E-state index in [-0.39, 0.29) is 18.2 Å². The van der Waals surface area contributed by atoms with Gasteiger partial charge in [0, 0.05) is 30.7 Å². The van der Waals surface area contributed by atoms with Crippen molar-refractivity contribution >= 4 is 28.8 Å². The number of furan rings is 1. The zero-order valence-corrected chi connectivity index (χ0v) is 16.0. The number of benzene rings is 1. The summed E-state index contributed by atoms with van der Waals surface area (Å²) in [4.78, 5) is 30.2. The molecular weight excluding hydrogens is 376 g/mol. The van der Waals surface area contributed by atoms with Crippen molar-refractivity contribution in [3.8, 4) is 10.8 Å². The summed E-state index contributed by atoms with van der Waals surface area (Å²) in [6.45, 7) is 2.29. The zero-order valence-electron chi connectivity index (χ0n) is 15.2. The third-order valence-corrected chi connectivity index (χ3v) is 5.36. The van der Waals surface area contributed by atoms with Crippen molar-refractivity contribution in [2.75, 3.05) is 24.5 Å². The number of thiazole rings is 1. The van der Waals surface area contributed by atoms with Crippen LogP contribution < -0.4 is 15.5 Å². The predicted octanol–water partition coefficient (Wildman–Crippen LogP) is 2.20. The molecule has 4 rings (SSSR count). The van der Waals surface area contributed by atoms with Gasteiger partial charge >= 0.3 is 0 Å². The molecule has 8 heteroatoms. The van der Waals surface area contributed by atoms with Crippen LogP contribution in [0.25, 0.3) is 10.8 Å². The minimum Gasteiger partial charge on any atom is -0.462 e. The normalized spacial score (nSPS) is 14.0. The number of hydrogen-bond donors (Lipinski definition) is 2. The third-order valence-electron chi connectivity index (χ3n) is 4.45. The van der Waals surface area contributed by atoms with E-state index >= 15 is 0 Å². The summed E-state index contributed by atoms with van der Waals surface area (Å²) in [7, 11) is 0. The molecule has 1 saturated heterocycles. The lowest BCUT2D eigenvalue weighted by molar-refractivity contribution is -0.121. The monoisotopic (exact) mass is 396 g/mol. The SMILES string of the molecule is O=C(Cc1csc(-c2ccco2)n1)NCc1ccc(N2CCNC(=O)C2)cc1. The fraction of sp³-hybridized carbons (Fsp3) is 0.250. The molecule has 0 radical (unpaired) electrons. The molecule has 0 aliphatic carbocycles. The second kappa shape index (κ2) is 8.26. The highest BCUT2D eigenvalue weighted by atomic mass is 32.1. The number of hydrogen-bond acceptors (Lipinski definition) is 6. The second-order valence-corrected chi connectivity index (χ2v) is 7.37. The number of carbonyl (C=O) groups is 2. The maximum atomic E-state index is 12.2. The number of aromatic nitrogens is 1. The van der Waals surface area contributed by atoms with Crippen LogP contribution in [-0.4, -0.2) is 36.4 Å². The summed E-state index contributed by atoms with van der Waals surface area (Å²) in [5.41, 5.74) is 2.75. The summed E-state index contributed by atoms with van der Waals surface area (Å²) in [5, 5.41) is 8.39. The molecule has 7 nitrogen and oxygen atoms in total. The minimum atomic E-state index is -0.0759. The van der Waals surface area contributed by atoms with Crippen molar-refractivity contribution in [1.29, 1.82) is 0 Å². The van der Waals surface area contributed by atoms with Gasteiger partial charge in [-0.15, -0.1) is 11.3 Å². The highest BCUT2D eigenvalue weighted by Crippen LogP contribution is 2.24. The first-order valence-corrected chi connectivity index (χ1v) is 9.91. The van der Waals surface area contributed by atoms with E-state index in [1.165, 1.54) is 11.3 Å². The molecule has 0 saturated carbocycles. The van der Waals surface area contributed by atoms with Crippen LogP contribution >= 0.6 is 11.3 Å². The van der Waals surface area contributed by atoms with Gasteiger partial charge in [-0.25, -0.2) is 4.98 Å². The van der Waals surface area contributed by atoms with Gasteiger partial charge in [-0.2, -0.15) is 0 Å². The van der Waals surface area contributed by atoms with Gasteiger partial charge in [0.1, 0.15) is 0 Å². The molecule has 1 fully saturated rings. The molecule has 2 amide bonds. The van der Waals surface area contributed by atoms with Crippen molar-refractivity contribution in [3.63, 3.8) is 0 Å². The van der Waals surface area contributed by atoms with E-state index in [2.05, 4.69) is 15.6 Å². The first-order chi connectivity index (χ1) is 13.7. The summed E-state index contributed by atoms with van der Waals surface area (Å²) >= 11 is 1.46. The summed E-state index contributed by atoms with van der Waals surface area (Å²) in [6.07, 6.45) is 1.84. The topological polar surface area (TPSA) is 87.5 Å². The number of carbonyl (C=O) groups excluding carboxylic acids is 2. The minimum absolute atomic E-state index is 0.0415. The third kappa shape index (κ3) is 4.40. The number of nitrogens with zero attached hydrogens (tertiary/aromatic N) is 2. The number of piperazine rings is 1. The number of rotatable bonds is 6. The summed E-state index contributed by atoms with van der Waals surface area (Å²) in [5.74, 6) is 0.677. The highest BCUT2D eigenvalue weighted by Gasteiger charge is 2.16. The Kier molecular flexibility index (Phi) is 5.38. The number of nitrogens with one attached hydrogen (secondary N) is 2. The van der Waals surface area contributed by atoms with Crippen LogP contribution in [0, 0.1) is 0 Å². The average Bonchev–Trinajstić information content (AvgIpc) is 3.39. The fourth-order valence-electron chi connectivity index (χ4n) is 3.01. The molecule has 2 aromatic heterocycles. The van der Waals surface area contributed by atoms with E-state index in [0.29, 0.717) is 25.4 Å². The lowest BCUT2D eigenvalue weighted by Gasteiger charge is -2.28. The van der Waals surface area contributed by atoms with Gasteiger partial charge in [0.05, 0.1) is 24.9 Å². The Balaban J connectivity index is 1.28. The van der Waals surface area contributed by atoms with Crippen molar-refractivity contribution in [2.24, 2.45) is 0 Å². The molecule has 28 heavy (non-hydrogen) atoms. The van der Waals surface area contributed by atoms with E-state index in [4.69, 9.17) is 4.42 Å². The van der Waals surface area contributed by atoms with Crippen molar-refractivity contribution in [1.82, 2.24) is 15.6 Å². The van der Waals surface area contributed by atoms with E-state index in [9.17, 15) is 9.59 Å². The molecular formula is C20H20N4O3S. The van der Waals surface area contributed by atoms with Crippen LogP contribution in [0.5, 0.6) is 0 Å². The van der Waals surface area contributed by atoms with Gasteiger partial charge in [0.15, 0.2) is 10.8 Å². The molecule has 0 atom stereocenters. The van der Waals surface area contributed by atoms with Crippen LogP contribution in [0.2, 0.25) is 0 Å². The highest BCUT2D eigenvalue weighted by molar-refractivity contribution is 7.13.